The van der Waals surface area contributed by atoms with Crippen LogP contribution < -0.4 is 10.3 Å². The number of hydrazone groups is 1. The molecule has 0 aliphatic heterocycles. The molecule has 0 bridgehead atoms. The average Bonchev–Trinajstić information content (AvgIpc) is 3.13. The van der Waals surface area contributed by atoms with Gasteiger partial charge in [0.1, 0.15) is 17.4 Å². The fourth-order valence-corrected chi connectivity index (χ4v) is 4.60. The van der Waals surface area contributed by atoms with Gasteiger partial charge < -0.3 is 9.64 Å². The van der Waals surface area contributed by atoms with Gasteiger partial charge in [0, 0.05) is 13.3 Å². The number of benzene rings is 1. The van der Waals surface area contributed by atoms with E-state index < -0.39 is 77.5 Å². The van der Waals surface area contributed by atoms with Crippen molar-refractivity contribution in [1.29, 1.82) is 5.26 Å². The number of amides is 1. The summed E-state index contributed by atoms with van der Waals surface area (Å²) in [5, 5.41) is 14.9. The van der Waals surface area contributed by atoms with Crippen LogP contribution in [-0.4, -0.2) is 55.2 Å². The van der Waals surface area contributed by atoms with Crippen molar-refractivity contribution < 1.29 is 44.3 Å². The van der Waals surface area contributed by atoms with Crippen molar-refractivity contribution in [2.24, 2.45) is 5.10 Å². The number of nitriles is 1. The molecule has 10 nitrogen and oxygen atoms in total. The number of nitrogens with one attached hydrogen (secondary N) is 1. The number of anilines is 1. The normalized spacial score (nSPS) is 12.9. The monoisotopic (exact) mass is 622 g/mol. The Hall–Kier alpha value is -3.23. The molecule has 0 atom stereocenters. The van der Waals surface area contributed by atoms with Gasteiger partial charge in [0.2, 0.25) is 0 Å². The molecule has 0 aliphatic carbocycles. The van der Waals surface area contributed by atoms with E-state index in [1.165, 1.54) is 6.07 Å². The number of halogens is 8. The van der Waals surface area contributed by atoms with Crippen molar-refractivity contribution in [3.05, 3.63) is 33.4 Å². The SMILES string of the molecule is CN(CC=NNC(=O)OC(C)(C)C)c1c(S(=O)(=O)C(F)(F)F)c(C#N)nn1-c1c(Cl)cc(C(F)(F)F)cc1Cl. The van der Waals surface area contributed by atoms with Crippen LogP contribution in [0.1, 0.15) is 32.0 Å². The van der Waals surface area contributed by atoms with Crippen molar-refractivity contribution in [3.8, 4) is 11.8 Å². The Morgan fingerprint density at radius 1 is 1.21 bits per heavy atom. The van der Waals surface area contributed by atoms with Crippen molar-refractivity contribution >= 4 is 51.2 Å². The molecule has 1 amide bonds. The number of hydrogen-bond donors (Lipinski definition) is 1. The Morgan fingerprint density at radius 2 is 1.74 bits per heavy atom. The first kappa shape index (κ1) is 32.0. The Labute approximate surface area is 227 Å². The smallest absolute Gasteiger partial charge is 0.443 e. The molecule has 0 aliphatic rings. The highest BCUT2D eigenvalue weighted by Crippen LogP contribution is 2.43. The van der Waals surface area contributed by atoms with Crippen LogP contribution in [0.5, 0.6) is 0 Å². The van der Waals surface area contributed by atoms with E-state index in [0.29, 0.717) is 16.8 Å². The van der Waals surface area contributed by atoms with Crippen LogP contribution in [0.15, 0.2) is 22.1 Å². The minimum atomic E-state index is -6.25. The first-order valence-corrected chi connectivity index (χ1v) is 12.5. The molecule has 1 aromatic carbocycles. The lowest BCUT2D eigenvalue weighted by Crippen LogP contribution is -2.31. The van der Waals surface area contributed by atoms with Crippen LogP contribution in [-0.2, 0) is 20.8 Å². The summed E-state index contributed by atoms with van der Waals surface area (Å²) in [4.78, 5) is 10.9. The fraction of sp³-hybridized carbons (Fsp3) is 0.400. The Balaban J connectivity index is 2.72. The Kier molecular flexibility index (Phi) is 9.10. The van der Waals surface area contributed by atoms with E-state index in [2.05, 4.69) is 10.2 Å². The second-order valence-corrected chi connectivity index (χ2v) is 11.3. The number of carbonyl (C=O) groups is 1. The molecule has 1 aromatic heterocycles. The summed E-state index contributed by atoms with van der Waals surface area (Å²) in [6, 6.07) is 2.01. The summed E-state index contributed by atoms with van der Waals surface area (Å²) in [5.74, 6) is -0.934. The van der Waals surface area contributed by atoms with E-state index in [-0.39, 0.29) is 0 Å². The first-order valence-electron chi connectivity index (χ1n) is 10.2. The largest absolute Gasteiger partial charge is 0.502 e. The zero-order valence-corrected chi connectivity index (χ0v) is 22.6. The predicted molar refractivity (Wildman–Crippen MR) is 128 cm³/mol. The lowest BCUT2D eigenvalue weighted by molar-refractivity contribution is -0.137. The third-order valence-corrected chi connectivity index (χ3v) is 6.52. The van der Waals surface area contributed by atoms with E-state index >= 15 is 0 Å². The van der Waals surface area contributed by atoms with Crippen LogP contribution in [0.4, 0.5) is 37.0 Å². The highest BCUT2D eigenvalue weighted by molar-refractivity contribution is 7.92. The van der Waals surface area contributed by atoms with Gasteiger partial charge in [0.15, 0.2) is 16.4 Å². The van der Waals surface area contributed by atoms with Crippen molar-refractivity contribution in [2.45, 2.75) is 43.0 Å². The molecule has 0 saturated heterocycles. The summed E-state index contributed by atoms with van der Waals surface area (Å²) in [6.45, 7) is 4.18. The third-order valence-electron chi connectivity index (χ3n) is 4.42. The van der Waals surface area contributed by atoms with Crippen molar-refractivity contribution in [2.75, 3.05) is 18.5 Å². The maximum Gasteiger partial charge on any atom is 0.502 e. The van der Waals surface area contributed by atoms with Gasteiger partial charge in [-0.2, -0.15) is 41.8 Å². The standard InChI is InChI=1S/C20H18Cl2F6N6O4S/c1-18(2,3)38-17(35)31-30-5-6-33(4)16-15(39(36,37)20(26,27)28)13(9-29)32-34(16)14-11(21)7-10(8-12(14)22)19(23,24)25/h5,7-8H,6H2,1-4H3,(H,31,35). The van der Waals surface area contributed by atoms with Gasteiger partial charge in [-0.15, -0.1) is 0 Å². The van der Waals surface area contributed by atoms with Gasteiger partial charge in [-0.3, -0.25) is 0 Å². The Bertz CT molecular complexity index is 1420. The van der Waals surface area contributed by atoms with E-state index in [9.17, 15) is 44.8 Å². The third kappa shape index (κ3) is 7.25. The molecule has 2 aromatic rings. The second kappa shape index (κ2) is 11.1. The summed E-state index contributed by atoms with van der Waals surface area (Å²) in [5.41, 5.74) is -8.00. The summed E-state index contributed by atoms with van der Waals surface area (Å²) in [7, 11) is -5.20. The van der Waals surface area contributed by atoms with Crippen LogP contribution in [0, 0.1) is 11.3 Å². The van der Waals surface area contributed by atoms with Crippen LogP contribution in [0.3, 0.4) is 0 Å². The highest BCUT2D eigenvalue weighted by Gasteiger charge is 2.51. The molecule has 1 heterocycles. The number of rotatable bonds is 6. The van der Waals surface area contributed by atoms with Crippen LogP contribution in [0.25, 0.3) is 5.69 Å². The minimum Gasteiger partial charge on any atom is -0.443 e. The maximum absolute atomic E-state index is 13.5. The number of carbonyl (C=O) groups excluding carboxylic acids is 1. The van der Waals surface area contributed by atoms with Crippen molar-refractivity contribution in [3.63, 3.8) is 0 Å². The molecule has 0 unspecified atom stereocenters. The van der Waals surface area contributed by atoms with Gasteiger partial charge in [-0.05, 0) is 32.9 Å². The van der Waals surface area contributed by atoms with Gasteiger partial charge in [-0.25, -0.2) is 23.3 Å². The first-order chi connectivity index (χ1) is 17.6. The number of nitrogens with zero attached hydrogens (tertiary/aromatic N) is 5. The number of alkyl halides is 6. The molecular weight excluding hydrogens is 605 g/mol. The number of hydrogen-bond acceptors (Lipinski definition) is 8. The molecule has 2 rings (SSSR count). The second-order valence-electron chi connectivity index (χ2n) is 8.57. The molecule has 39 heavy (non-hydrogen) atoms. The molecular formula is C20H18Cl2F6N6O4S. The Morgan fingerprint density at radius 3 is 2.18 bits per heavy atom. The van der Waals surface area contributed by atoms with Crippen LogP contribution >= 0.6 is 23.2 Å². The molecule has 0 saturated carbocycles. The van der Waals surface area contributed by atoms with E-state index in [4.69, 9.17) is 27.9 Å². The molecule has 0 spiro atoms. The number of ether oxygens (including phenoxy) is 1. The molecule has 0 fully saturated rings. The van der Waals surface area contributed by atoms with Gasteiger partial charge in [0.05, 0.1) is 22.2 Å². The van der Waals surface area contributed by atoms with E-state index in [0.717, 1.165) is 18.2 Å². The topological polar surface area (TPSA) is 130 Å². The predicted octanol–water partition coefficient (Wildman–Crippen LogP) is 5.31. The minimum absolute atomic E-state index is 0.393. The number of sulfone groups is 1. The van der Waals surface area contributed by atoms with Gasteiger partial charge in [0.25, 0.3) is 9.84 Å². The molecule has 0 radical (unpaired) electrons. The average molecular weight is 623 g/mol. The lowest BCUT2D eigenvalue weighted by atomic mass is 10.2. The molecule has 19 heteroatoms. The van der Waals surface area contributed by atoms with Gasteiger partial charge >= 0.3 is 17.8 Å². The summed E-state index contributed by atoms with van der Waals surface area (Å²) < 4.78 is 110. The number of aromatic nitrogens is 2. The summed E-state index contributed by atoms with van der Waals surface area (Å²) >= 11 is 11.9. The van der Waals surface area contributed by atoms with Gasteiger partial charge in [-0.1, -0.05) is 23.2 Å². The van der Waals surface area contributed by atoms with Crippen LogP contribution in [0.2, 0.25) is 10.0 Å². The maximum atomic E-state index is 13.5. The zero-order chi connectivity index (χ0) is 30.1. The molecule has 214 valence electrons. The lowest BCUT2D eigenvalue weighted by Gasteiger charge is -2.22. The molecule has 1 N–H and O–H groups in total. The fourth-order valence-electron chi connectivity index (χ4n) is 2.90. The quantitative estimate of drug-likeness (QED) is 0.262. The van der Waals surface area contributed by atoms with E-state index in [1.54, 1.807) is 20.8 Å². The summed E-state index contributed by atoms with van der Waals surface area (Å²) in [6.07, 6.45) is -4.97. The van der Waals surface area contributed by atoms with E-state index in [1.807, 2.05) is 5.43 Å². The highest BCUT2D eigenvalue weighted by atomic mass is 35.5. The van der Waals surface area contributed by atoms with Crippen molar-refractivity contribution in [1.82, 2.24) is 15.2 Å². The zero-order valence-electron chi connectivity index (χ0n) is 20.2.